The van der Waals surface area contributed by atoms with Gasteiger partial charge < -0.3 is 24.6 Å². The van der Waals surface area contributed by atoms with E-state index in [1.54, 1.807) is 25.2 Å². The summed E-state index contributed by atoms with van der Waals surface area (Å²) in [5, 5.41) is 13.1. The maximum Gasteiger partial charge on any atom is 0.409 e. The van der Waals surface area contributed by atoms with Crippen LogP contribution in [0.25, 0.3) is 11.0 Å². The number of nitrogens with zero attached hydrogens (tertiary/aromatic N) is 3. The maximum absolute atomic E-state index is 13.3. The molecule has 0 aliphatic rings. The summed E-state index contributed by atoms with van der Waals surface area (Å²) in [5.74, 6) is -1.63. The summed E-state index contributed by atoms with van der Waals surface area (Å²) in [4.78, 5) is 43.9. The van der Waals surface area contributed by atoms with Crippen LogP contribution in [0.3, 0.4) is 0 Å². The molecule has 2 aromatic heterocycles. The topological polar surface area (TPSA) is 114 Å². The molecule has 9 nitrogen and oxygen atoms in total. The summed E-state index contributed by atoms with van der Waals surface area (Å²) in [5.41, 5.74) is 1.58. The Morgan fingerprint density at radius 3 is 2.47 bits per heavy atom. The highest BCUT2D eigenvalue weighted by Crippen LogP contribution is 2.26. The van der Waals surface area contributed by atoms with Crippen LogP contribution >= 0.6 is 0 Å². The van der Waals surface area contributed by atoms with Crippen LogP contribution in [0.1, 0.15) is 27.0 Å². The van der Waals surface area contributed by atoms with Gasteiger partial charge in [0.05, 0.1) is 5.52 Å². The second-order valence-electron chi connectivity index (χ2n) is 8.74. The molecule has 0 radical (unpaired) electrons. The highest BCUT2D eigenvalue weighted by molar-refractivity contribution is 6.01. The van der Waals surface area contributed by atoms with Gasteiger partial charge in [0.2, 0.25) is 0 Å². The lowest BCUT2D eigenvalue weighted by Crippen LogP contribution is -2.36. The predicted molar refractivity (Wildman–Crippen MR) is 140 cm³/mol. The number of ether oxygens (including phenoxy) is 1. The first-order valence-corrected chi connectivity index (χ1v) is 11.9. The van der Waals surface area contributed by atoms with Gasteiger partial charge >= 0.3 is 6.09 Å². The molecule has 2 aromatic carbocycles. The molecule has 0 aliphatic heterocycles. The van der Waals surface area contributed by atoms with Crippen molar-refractivity contribution in [2.75, 3.05) is 20.6 Å². The highest BCUT2D eigenvalue weighted by Gasteiger charge is 2.23. The maximum atomic E-state index is 13.3. The Bertz CT molecular complexity index is 1520. The van der Waals surface area contributed by atoms with Crippen LogP contribution in [0.15, 0.2) is 71.7 Å². The number of halogens is 1. The number of aromatic hydroxyl groups is 1. The molecular formula is C28H27FN4O5. The lowest BCUT2D eigenvalue weighted by atomic mass is 10.1. The van der Waals surface area contributed by atoms with Crippen molar-refractivity contribution in [2.24, 2.45) is 0 Å². The number of benzene rings is 2. The monoisotopic (exact) mass is 518 g/mol. The molecule has 4 aromatic rings. The molecule has 2 heterocycles. The van der Waals surface area contributed by atoms with E-state index in [1.807, 2.05) is 30.3 Å². The van der Waals surface area contributed by atoms with Gasteiger partial charge in [-0.3, -0.25) is 14.6 Å². The van der Waals surface area contributed by atoms with E-state index < -0.39 is 28.9 Å². The summed E-state index contributed by atoms with van der Waals surface area (Å²) < 4.78 is 20.0. The molecule has 10 heteroatoms. The number of hydrogen-bond acceptors (Lipinski definition) is 6. The fourth-order valence-corrected chi connectivity index (χ4v) is 4.00. The largest absolute Gasteiger partial charge is 0.505 e. The molecule has 0 bridgehead atoms. The summed E-state index contributed by atoms with van der Waals surface area (Å²) in [6.07, 6.45) is 1.36. The van der Waals surface area contributed by atoms with Gasteiger partial charge in [-0.25, -0.2) is 9.18 Å². The lowest BCUT2D eigenvalue weighted by Gasteiger charge is -2.20. The minimum atomic E-state index is -0.754. The van der Waals surface area contributed by atoms with Crippen LogP contribution in [0.2, 0.25) is 0 Å². The normalized spacial score (nSPS) is 10.8. The molecule has 196 valence electrons. The van der Waals surface area contributed by atoms with Gasteiger partial charge in [0.15, 0.2) is 5.75 Å². The van der Waals surface area contributed by atoms with Crippen molar-refractivity contribution in [2.45, 2.75) is 19.6 Å². The van der Waals surface area contributed by atoms with E-state index in [0.717, 1.165) is 11.1 Å². The number of amides is 2. The Labute approximate surface area is 218 Å². The number of nitrogens with one attached hydrogen (secondary N) is 1. The number of aromatic nitrogens is 2. The Morgan fingerprint density at radius 1 is 1.08 bits per heavy atom. The first-order valence-electron chi connectivity index (χ1n) is 11.9. The minimum Gasteiger partial charge on any atom is -0.505 e. The molecule has 0 fully saturated rings. The van der Waals surface area contributed by atoms with Crippen molar-refractivity contribution in [3.63, 3.8) is 0 Å². The summed E-state index contributed by atoms with van der Waals surface area (Å²) >= 11 is 0. The molecule has 0 unspecified atom stereocenters. The molecule has 0 saturated heterocycles. The van der Waals surface area contributed by atoms with Crippen LogP contribution < -0.4 is 10.9 Å². The minimum absolute atomic E-state index is 0.0121. The third kappa shape index (κ3) is 5.80. The molecule has 0 spiro atoms. The van der Waals surface area contributed by atoms with Gasteiger partial charge in [-0.2, -0.15) is 0 Å². The molecule has 2 N–H and O–H groups in total. The molecule has 0 saturated carbocycles. The van der Waals surface area contributed by atoms with Crippen LogP contribution in [0, 0.1) is 5.82 Å². The first kappa shape index (κ1) is 26.3. The number of hydrogen-bond donors (Lipinski definition) is 2. The molecule has 0 aliphatic carbocycles. The third-order valence-corrected chi connectivity index (χ3v) is 6.09. The second-order valence-corrected chi connectivity index (χ2v) is 8.74. The van der Waals surface area contributed by atoms with E-state index in [-0.39, 0.29) is 31.0 Å². The van der Waals surface area contributed by atoms with Gasteiger partial charge in [0, 0.05) is 33.4 Å². The van der Waals surface area contributed by atoms with Crippen LogP contribution in [-0.2, 0) is 24.3 Å². The van der Waals surface area contributed by atoms with E-state index >= 15 is 0 Å². The van der Waals surface area contributed by atoms with Gasteiger partial charge in [-0.1, -0.05) is 42.5 Å². The number of likely N-dealkylation sites (N-methyl/N-ethyl adjacent to an activating group) is 1. The number of pyridine rings is 2. The predicted octanol–water partition coefficient (Wildman–Crippen LogP) is 3.46. The lowest BCUT2D eigenvalue weighted by molar-refractivity contribution is 0.0956. The van der Waals surface area contributed by atoms with E-state index in [4.69, 9.17) is 4.74 Å². The summed E-state index contributed by atoms with van der Waals surface area (Å²) in [6.45, 7) is 0.199. The van der Waals surface area contributed by atoms with Crippen molar-refractivity contribution < 1.29 is 23.8 Å². The van der Waals surface area contributed by atoms with Gasteiger partial charge in [-0.15, -0.1) is 0 Å². The van der Waals surface area contributed by atoms with E-state index in [1.165, 1.54) is 34.8 Å². The molecule has 4 rings (SSSR count). The fourth-order valence-electron chi connectivity index (χ4n) is 4.00. The third-order valence-electron chi connectivity index (χ3n) is 6.09. The van der Waals surface area contributed by atoms with Gasteiger partial charge in [0.25, 0.3) is 11.5 Å². The standard InChI is InChI=1S/C28H27FN4O5/c1-30-26(35)23-25(34)24-22(15-20(16-31-24)14-18-8-10-21(29)11-9-18)33(27(23)36)13-12-32(2)28(37)38-17-19-6-4-3-5-7-19/h3-11,15-16,34H,12-14,17H2,1-2H3,(H,30,35). The van der Waals surface area contributed by atoms with Crippen molar-refractivity contribution in [3.05, 3.63) is 105 Å². The van der Waals surface area contributed by atoms with Gasteiger partial charge in [0.1, 0.15) is 23.5 Å². The Balaban J connectivity index is 1.63. The smallest absolute Gasteiger partial charge is 0.409 e. The quantitative estimate of drug-likeness (QED) is 0.369. The van der Waals surface area contributed by atoms with Crippen LogP contribution in [0.5, 0.6) is 5.75 Å². The van der Waals surface area contributed by atoms with Crippen molar-refractivity contribution in [1.29, 1.82) is 0 Å². The highest BCUT2D eigenvalue weighted by atomic mass is 19.1. The molecule has 38 heavy (non-hydrogen) atoms. The summed E-state index contributed by atoms with van der Waals surface area (Å²) in [6, 6.07) is 16.9. The van der Waals surface area contributed by atoms with Crippen molar-refractivity contribution in [3.8, 4) is 5.75 Å². The fraction of sp³-hybridized carbons (Fsp3) is 0.214. The van der Waals surface area contributed by atoms with E-state index in [2.05, 4.69) is 10.3 Å². The molecular weight excluding hydrogens is 491 g/mol. The zero-order chi connectivity index (χ0) is 27.2. The van der Waals surface area contributed by atoms with Crippen LogP contribution in [-0.4, -0.2) is 52.2 Å². The zero-order valence-corrected chi connectivity index (χ0v) is 21.0. The van der Waals surface area contributed by atoms with E-state index in [9.17, 15) is 23.9 Å². The first-order chi connectivity index (χ1) is 18.3. The number of carbonyl (C=O) groups excluding carboxylic acids is 2. The SMILES string of the molecule is CNC(=O)c1c(O)c2ncc(Cc3ccc(F)cc3)cc2n(CCN(C)C(=O)OCc2ccccc2)c1=O. The zero-order valence-electron chi connectivity index (χ0n) is 21.0. The van der Waals surface area contributed by atoms with Crippen LogP contribution in [0.4, 0.5) is 9.18 Å². The Hall–Kier alpha value is -4.73. The van der Waals surface area contributed by atoms with Crippen molar-refractivity contribution in [1.82, 2.24) is 19.8 Å². The Kier molecular flexibility index (Phi) is 8.00. The number of rotatable bonds is 8. The average Bonchev–Trinajstić information content (AvgIpc) is 2.93. The number of fused-ring (bicyclic) bond motifs is 1. The Morgan fingerprint density at radius 2 is 1.79 bits per heavy atom. The van der Waals surface area contributed by atoms with Gasteiger partial charge in [-0.05, 0) is 41.3 Å². The summed E-state index contributed by atoms with van der Waals surface area (Å²) in [7, 11) is 2.89. The molecule has 2 amide bonds. The van der Waals surface area contributed by atoms with Crippen molar-refractivity contribution >= 4 is 23.0 Å². The number of carbonyl (C=O) groups is 2. The molecule has 0 atom stereocenters. The van der Waals surface area contributed by atoms with E-state index in [0.29, 0.717) is 17.5 Å². The second kappa shape index (κ2) is 11.5. The average molecular weight is 519 g/mol.